The fraction of sp³-hybridized carbons (Fsp3) is 0.0625. The van der Waals surface area contributed by atoms with Crippen LogP contribution in [0.3, 0.4) is 0 Å². The highest BCUT2D eigenvalue weighted by Crippen LogP contribution is 2.25. The van der Waals surface area contributed by atoms with E-state index in [0.717, 1.165) is 22.6 Å². The predicted octanol–water partition coefficient (Wildman–Crippen LogP) is 4.08. The van der Waals surface area contributed by atoms with Crippen molar-refractivity contribution in [1.82, 2.24) is 14.7 Å². The lowest BCUT2D eigenvalue weighted by Crippen LogP contribution is -2.12. The van der Waals surface area contributed by atoms with Crippen LogP contribution in [0.5, 0.6) is 0 Å². The molecule has 2 aromatic heterocycles. The first-order valence-corrected chi connectivity index (χ1v) is 8.32. The van der Waals surface area contributed by atoms with Gasteiger partial charge in [-0.3, -0.25) is 5.32 Å². The van der Waals surface area contributed by atoms with Crippen molar-refractivity contribution in [2.24, 2.45) is 4.99 Å². The van der Waals surface area contributed by atoms with Crippen molar-refractivity contribution in [3.8, 4) is 17.5 Å². The van der Waals surface area contributed by atoms with E-state index in [2.05, 4.69) is 15.3 Å². The SMILES string of the molecule is CSC(=Nc1cccc(-c2cn3cc(Cl)ccc3n2)c1)NC#N. The molecule has 0 saturated carbocycles. The van der Waals surface area contributed by atoms with E-state index in [-0.39, 0.29) is 0 Å². The fourth-order valence-corrected chi connectivity index (χ4v) is 2.64. The highest BCUT2D eigenvalue weighted by atomic mass is 35.5. The summed E-state index contributed by atoms with van der Waals surface area (Å²) in [6.45, 7) is 0. The number of amidine groups is 1. The number of hydrogen-bond acceptors (Lipinski definition) is 4. The quantitative estimate of drug-likeness (QED) is 0.330. The molecule has 0 spiro atoms. The molecule has 7 heteroatoms. The van der Waals surface area contributed by atoms with Gasteiger partial charge in [0.2, 0.25) is 0 Å². The van der Waals surface area contributed by atoms with Crippen LogP contribution in [-0.4, -0.2) is 20.8 Å². The number of nitriles is 1. The largest absolute Gasteiger partial charge is 0.305 e. The van der Waals surface area contributed by atoms with Crippen LogP contribution in [0.4, 0.5) is 5.69 Å². The third-order valence-corrected chi connectivity index (χ3v) is 3.95. The van der Waals surface area contributed by atoms with Crippen LogP contribution in [-0.2, 0) is 0 Å². The molecule has 3 aromatic rings. The van der Waals surface area contributed by atoms with Gasteiger partial charge in [-0.05, 0) is 30.5 Å². The molecule has 0 radical (unpaired) electrons. The average molecular weight is 342 g/mol. The van der Waals surface area contributed by atoms with Crippen LogP contribution in [0.15, 0.2) is 53.8 Å². The summed E-state index contributed by atoms with van der Waals surface area (Å²) in [5, 5.41) is 12.5. The number of hydrogen-bond donors (Lipinski definition) is 1. The monoisotopic (exact) mass is 341 g/mol. The van der Waals surface area contributed by atoms with Crippen molar-refractivity contribution >= 4 is 39.9 Å². The van der Waals surface area contributed by atoms with E-state index in [4.69, 9.17) is 16.9 Å². The average Bonchev–Trinajstić information content (AvgIpc) is 2.98. The molecule has 0 unspecified atom stereocenters. The summed E-state index contributed by atoms with van der Waals surface area (Å²) in [6, 6.07) is 11.4. The van der Waals surface area contributed by atoms with Crippen molar-refractivity contribution in [3.05, 3.63) is 53.8 Å². The molecule has 0 aliphatic carbocycles. The lowest BCUT2D eigenvalue weighted by Gasteiger charge is -2.01. The Balaban J connectivity index is 1.99. The van der Waals surface area contributed by atoms with E-state index in [0.29, 0.717) is 10.2 Å². The number of pyridine rings is 1. The number of thioether (sulfide) groups is 1. The second kappa shape index (κ2) is 6.73. The van der Waals surface area contributed by atoms with E-state index in [1.54, 1.807) is 0 Å². The van der Waals surface area contributed by atoms with E-state index in [1.165, 1.54) is 11.8 Å². The lowest BCUT2D eigenvalue weighted by atomic mass is 10.1. The first kappa shape index (κ1) is 15.4. The Morgan fingerprint density at radius 1 is 1.35 bits per heavy atom. The van der Waals surface area contributed by atoms with E-state index < -0.39 is 0 Å². The minimum Gasteiger partial charge on any atom is -0.305 e. The Hall–Kier alpha value is -2.49. The Morgan fingerprint density at radius 2 is 2.22 bits per heavy atom. The molecule has 1 N–H and O–H groups in total. The van der Waals surface area contributed by atoms with Crippen LogP contribution >= 0.6 is 23.4 Å². The second-order valence-corrected chi connectivity index (χ2v) is 5.88. The second-order valence-electron chi connectivity index (χ2n) is 4.65. The van der Waals surface area contributed by atoms with Gasteiger partial charge in [0.25, 0.3) is 0 Å². The number of aliphatic imine (C=N–C) groups is 1. The van der Waals surface area contributed by atoms with Gasteiger partial charge in [0, 0.05) is 18.0 Å². The first-order chi connectivity index (χ1) is 11.2. The fourth-order valence-electron chi connectivity index (χ4n) is 2.13. The molecule has 5 nitrogen and oxygen atoms in total. The van der Waals surface area contributed by atoms with Crippen LogP contribution in [0.1, 0.15) is 0 Å². The van der Waals surface area contributed by atoms with Crippen molar-refractivity contribution in [1.29, 1.82) is 5.26 Å². The molecule has 0 aliphatic rings. The maximum atomic E-state index is 8.70. The van der Waals surface area contributed by atoms with Crippen molar-refractivity contribution in [2.75, 3.05) is 6.26 Å². The van der Waals surface area contributed by atoms with Crippen LogP contribution in [0, 0.1) is 11.5 Å². The minimum atomic E-state index is 0.548. The number of rotatable bonds is 2. The van der Waals surface area contributed by atoms with Crippen molar-refractivity contribution in [3.63, 3.8) is 0 Å². The van der Waals surface area contributed by atoms with E-state index in [9.17, 15) is 0 Å². The molecule has 2 heterocycles. The molecule has 0 saturated heterocycles. The summed E-state index contributed by atoms with van der Waals surface area (Å²) in [6.07, 6.45) is 7.48. The van der Waals surface area contributed by atoms with Gasteiger partial charge in [-0.15, -0.1) is 0 Å². The van der Waals surface area contributed by atoms with Gasteiger partial charge in [0.1, 0.15) is 5.65 Å². The summed E-state index contributed by atoms with van der Waals surface area (Å²) < 4.78 is 1.89. The number of nitrogens with one attached hydrogen (secondary N) is 1. The van der Waals surface area contributed by atoms with Gasteiger partial charge < -0.3 is 4.40 Å². The van der Waals surface area contributed by atoms with Gasteiger partial charge in [-0.1, -0.05) is 35.5 Å². The van der Waals surface area contributed by atoms with E-state index >= 15 is 0 Å². The molecule has 114 valence electrons. The first-order valence-electron chi connectivity index (χ1n) is 6.72. The Bertz CT molecular complexity index is 926. The smallest absolute Gasteiger partial charge is 0.183 e. The van der Waals surface area contributed by atoms with E-state index in [1.807, 2.05) is 65.6 Å². The summed E-state index contributed by atoms with van der Waals surface area (Å²) in [5.74, 6) is 0. The van der Waals surface area contributed by atoms with Crippen LogP contribution in [0.2, 0.25) is 5.02 Å². The van der Waals surface area contributed by atoms with Gasteiger partial charge >= 0.3 is 0 Å². The van der Waals surface area contributed by atoms with Gasteiger partial charge in [0.15, 0.2) is 11.4 Å². The van der Waals surface area contributed by atoms with Gasteiger partial charge in [0.05, 0.1) is 16.4 Å². The Labute approximate surface area is 142 Å². The summed E-state index contributed by atoms with van der Waals surface area (Å²) >= 11 is 7.38. The van der Waals surface area contributed by atoms with Crippen molar-refractivity contribution in [2.45, 2.75) is 0 Å². The molecule has 0 fully saturated rings. The standard InChI is InChI=1S/C16H12ClN5S/c1-23-16(19-10-18)20-13-4-2-3-11(7-13)14-9-22-8-12(17)5-6-15(22)21-14/h2-9H,1H3,(H,19,20). The molecule has 0 aliphatic heterocycles. The summed E-state index contributed by atoms with van der Waals surface area (Å²) in [5.41, 5.74) is 3.37. The zero-order chi connectivity index (χ0) is 16.2. The highest BCUT2D eigenvalue weighted by molar-refractivity contribution is 8.13. The molecular weight excluding hydrogens is 330 g/mol. The normalized spacial score (nSPS) is 11.4. The van der Waals surface area contributed by atoms with Gasteiger partial charge in [-0.25, -0.2) is 9.98 Å². The number of benzene rings is 1. The molecular formula is C16H12ClN5S. The molecule has 0 amide bonds. The Kier molecular flexibility index (Phi) is 4.51. The minimum absolute atomic E-state index is 0.548. The van der Waals surface area contributed by atoms with Gasteiger partial charge in [-0.2, -0.15) is 5.26 Å². The maximum Gasteiger partial charge on any atom is 0.183 e. The number of imidazole rings is 1. The highest BCUT2D eigenvalue weighted by Gasteiger charge is 2.06. The molecule has 1 aromatic carbocycles. The molecule has 23 heavy (non-hydrogen) atoms. The summed E-state index contributed by atoms with van der Waals surface area (Å²) in [4.78, 5) is 8.99. The zero-order valence-corrected chi connectivity index (χ0v) is 13.8. The van der Waals surface area contributed by atoms with Crippen LogP contribution in [0.25, 0.3) is 16.9 Å². The number of halogens is 1. The topological polar surface area (TPSA) is 65.5 Å². The predicted molar refractivity (Wildman–Crippen MR) is 95.0 cm³/mol. The third kappa shape index (κ3) is 3.47. The third-order valence-electron chi connectivity index (χ3n) is 3.14. The molecule has 0 atom stereocenters. The number of aromatic nitrogens is 2. The zero-order valence-electron chi connectivity index (χ0n) is 12.2. The molecule has 3 rings (SSSR count). The molecule has 0 bridgehead atoms. The number of fused-ring (bicyclic) bond motifs is 1. The summed E-state index contributed by atoms with van der Waals surface area (Å²) in [7, 11) is 0. The lowest BCUT2D eigenvalue weighted by molar-refractivity contribution is 1.19. The Morgan fingerprint density at radius 3 is 3.00 bits per heavy atom. The number of nitrogens with zero attached hydrogens (tertiary/aromatic N) is 4. The van der Waals surface area contributed by atoms with Crippen molar-refractivity contribution < 1.29 is 0 Å². The van der Waals surface area contributed by atoms with Crippen LogP contribution < -0.4 is 5.32 Å². The maximum absolute atomic E-state index is 8.70.